The summed E-state index contributed by atoms with van der Waals surface area (Å²) in [6, 6.07) is 6.24. The smallest absolute Gasteiger partial charge is 0.191 e. The molecule has 0 amide bonds. The largest absolute Gasteiger partial charge is 0.493 e. The molecule has 1 unspecified atom stereocenters. The average Bonchev–Trinajstić information content (AvgIpc) is 3.15. The van der Waals surface area contributed by atoms with E-state index in [9.17, 15) is 0 Å². The monoisotopic (exact) mass is 573 g/mol. The first-order chi connectivity index (χ1) is 15.6. The van der Waals surface area contributed by atoms with Crippen molar-refractivity contribution >= 4 is 29.9 Å². The van der Waals surface area contributed by atoms with Gasteiger partial charge in [-0.3, -0.25) is 9.89 Å². The number of aromatic nitrogens is 1. The van der Waals surface area contributed by atoms with E-state index in [4.69, 9.17) is 18.7 Å². The normalized spacial score (nSPS) is 15.5. The van der Waals surface area contributed by atoms with Crippen molar-refractivity contribution in [3.63, 3.8) is 0 Å². The summed E-state index contributed by atoms with van der Waals surface area (Å²) >= 11 is 0. The lowest BCUT2D eigenvalue weighted by molar-refractivity contribution is 0.0169. The molecule has 0 spiro atoms. The highest BCUT2D eigenvalue weighted by molar-refractivity contribution is 14.0. The number of hydrogen-bond acceptors (Lipinski definition) is 7. The molecule has 1 aliphatic heterocycles. The maximum absolute atomic E-state index is 5.57. The molecule has 10 heteroatoms. The molecule has 1 fully saturated rings. The van der Waals surface area contributed by atoms with Crippen molar-refractivity contribution < 1.29 is 18.7 Å². The summed E-state index contributed by atoms with van der Waals surface area (Å²) in [4.78, 5) is 6.82. The van der Waals surface area contributed by atoms with Crippen LogP contribution in [0.25, 0.3) is 0 Å². The number of ether oxygens (including phenoxy) is 3. The fraction of sp³-hybridized carbons (Fsp3) is 0.565. The molecule has 1 aromatic heterocycles. The van der Waals surface area contributed by atoms with Crippen molar-refractivity contribution in [2.75, 3.05) is 60.7 Å². The molecule has 0 saturated carbocycles. The van der Waals surface area contributed by atoms with E-state index >= 15 is 0 Å². The second-order valence-electron chi connectivity index (χ2n) is 7.71. The molecule has 184 valence electrons. The van der Waals surface area contributed by atoms with E-state index in [0.29, 0.717) is 6.54 Å². The Hall–Kier alpha value is -2.05. The minimum Gasteiger partial charge on any atom is -0.493 e. The molecule has 2 N–H and O–H groups in total. The van der Waals surface area contributed by atoms with E-state index in [2.05, 4.69) is 31.7 Å². The van der Waals surface area contributed by atoms with Gasteiger partial charge in [0.15, 0.2) is 17.5 Å². The highest BCUT2D eigenvalue weighted by Gasteiger charge is 2.24. The molecule has 1 aromatic carbocycles. The fourth-order valence-electron chi connectivity index (χ4n) is 3.99. The maximum Gasteiger partial charge on any atom is 0.191 e. The highest BCUT2D eigenvalue weighted by atomic mass is 127. The van der Waals surface area contributed by atoms with Crippen LogP contribution >= 0.6 is 24.0 Å². The third kappa shape index (κ3) is 7.21. The molecule has 2 aromatic rings. The average molecular weight is 573 g/mol. The minimum atomic E-state index is 0. The molecule has 33 heavy (non-hydrogen) atoms. The molecule has 9 nitrogen and oxygen atoms in total. The standard InChI is InChI=1S/C23H35N5O4.HI/c1-16-19(17(2)32-27-16)8-9-25-23(24-3)26-15-20(28-10-12-31-13-11-28)18-6-7-21(29-4)22(14-18)30-5;/h6-7,14,20H,8-13,15H2,1-5H3,(H2,24,25,26);1H. The van der Waals surface area contributed by atoms with Crippen molar-refractivity contribution in [2.45, 2.75) is 26.3 Å². The van der Waals surface area contributed by atoms with Crippen molar-refractivity contribution in [3.05, 3.63) is 40.8 Å². The summed E-state index contributed by atoms with van der Waals surface area (Å²) in [6.07, 6.45) is 0.824. The van der Waals surface area contributed by atoms with E-state index in [0.717, 1.165) is 79.3 Å². The van der Waals surface area contributed by atoms with Crippen molar-refractivity contribution in [1.82, 2.24) is 20.7 Å². The number of aryl methyl sites for hydroxylation is 2. The van der Waals surface area contributed by atoms with Crippen LogP contribution < -0.4 is 20.1 Å². The minimum absolute atomic E-state index is 0. The van der Waals surface area contributed by atoms with Crippen LogP contribution in [0.1, 0.15) is 28.6 Å². The maximum atomic E-state index is 5.57. The summed E-state index contributed by atoms with van der Waals surface area (Å²) in [5.41, 5.74) is 3.24. The van der Waals surface area contributed by atoms with Crippen LogP contribution in [0, 0.1) is 13.8 Å². The van der Waals surface area contributed by atoms with Crippen molar-refractivity contribution in [1.29, 1.82) is 0 Å². The van der Waals surface area contributed by atoms with E-state index < -0.39 is 0 Å². The van der Waals surface area contributed by atoms with Gasteiger partial charge in [-0.05, 0) is 38.0 Å². The Kier molecular flexibility index (Phi) is 11.2. The van der Waals surface area contributed by atoms with Gasteiger partial charge in [0.1, 0.15) is 5.76 Å². The van der Waals surface area contributed by atoms with Crippen LogP contribution in [-0.4, -0.2) is 76.7 Å². The Balaban J connectivity index is 0.00000385. The van der Waals surface area contributed by atoms with Crippen LogP contribution in [0.15, 0.2) is 27.7 Å². The summed E-state index contributed by atoms with van der Waals surface area (Å²) in [7, 11) is 5.09. The molecule has 1 atom stereocenters. The van der Waals surface area contributed by atoms with Gasteiger partial charge in [0.05, 0.1) is 39.2 Å². The molecule has 0 radical (unpaired) electrons. The van der Waals surface area contributed by atoms with Gasteiger partial charge in [-0.25, -0.2) is 0 Å². The van der Waals surface area contributed by atoms with Gasteiger partial charge in [0, 0.05) is 38.8 Å². The van der Waals surface area contributed by atoms with Gasteiger partial charge in [0.2, 0.25) is 0 Å². The molecule has 2 heterocycles. The fourth-order valence-corrected chi connectivity index (χ4v) is 3.99. The lowest BCUT2D eigenvalue weighted by atomic mass is 10.0. The van der Waals surface area contributed by atoms with E-state index in [-0.39, 0.29) is 30.0 Å². The van der Waals surface area contributed by atoms with Crippen LogP contribution in [0.5, 0.6) is 11.5 Å². The Morgan fingerprint density at radius 2 is 1.88 bits per heavy atom. The first-order valence-corrected chi connectivity index (χ1v) is 11.0. The van der Waals surface area contributed by atoms with E-state index in [1.807, 2.05) is 26.0 Å². The van der Waals surface area contributed by atoms with Crippen LogP contribution in [-0.2, 0) is 11.2 Å². The number of rotatable bonds is 9. The molecule has 1 saturated heterocycles. The number of nitrogens with one attached hydrogen (secondary N) is 2. The van der Waals surface area contributed by atoms with Crippen LogP contribution in [0.2, 0.25) is 0 Å². The van der Waals surface area contributed by atoms with Crippen molar-refractivity contribution in [2.24, 2.45) is 4.99 Å². The predicted octanol–water partition coefficient (Wildman–Crippen LogP) is 2.71. The first kappa shape index (κ1) is 27.2. The number of aliphatic imine (C=N–C) groups is 1. The Labute approximate surface area is 213 Å². The quantitative estimate of drug-likeness (QED) is 0.269. The van der Waals surface area contributed by atoms with Crippen LogP contribution in [0.4, 0.5) is 0 Å². The number of hydrogen-bond donors (Lipinski definition) is 2. The number of guanidine groups is 1. The lowest BCUT2D eigenvalue weighted by Gasteiger charge is -2.35. The van der Waals surface area contributed by atoms with Gasteiger partial charge in [-0.2, -0.15) is 0 Å². The number of morpholine rings is 1. The SMILES string of the molecule is CN=C(NCCc1c(C)noc1C)NCC(c1ccc(OC)c(OC)c1)N1CCOCC1.I. The van der Waals surface area contributed by atoms with Gasteiger partial charge in [-0.15, -0.1) is 24.0 Å². The zero-order valence-corrected chi connectivity index (χ0v) is 22.5. The van der Waals surface area contributed by atoms with E-state index in [1.165, 1.54) is 0 Å². The summed E-state index contributed by atoms with van der Waals surface area (Å²) < 4.78 is 21.8. The molecular formula is C23H36IN5O4. The molecular weight excluding hydrogens is 537 g/mol. The Bertz CT molecular complexity index is 879. The third-order valence-electron chi connectivity index (χ3n) is 5.81. The lowest BCUT2D eigenvalue weighted by Crippen LogP contribution is -2.46. The highest BCUT2D eigenvalue weighted by Crippen LogP contribution is 2.32. The summed E-state index contributed by atoms with van der Waals surface area (Å²) in [5, 5.41) is 10.9. The third-order valence-corrected chi connectivity index (χ3v) is 5.81. The van der Waals surface area contributed by atoms with Gasteiger partial charge in [-0.1, -0.05) is 11.2 Å². The van der Waals surface area contributed by atoms with Crippen molar-refractivity contribution in [3.8, 4) is 11.5 Å². The van der Waals surface area contributed by atoms with Crippen LogP contribution in [0.3, 0.4) is 0 Å². The second-order valence-corrected chi connectivity index (χ2v) is 7.71. The number of nitrogens with zero attached hydrogens (tertiary/aromatic N) is 3. The number of methoxy groups -OCH3 is 2. The van der Waals surface area contributed by atoms with Gasteiger partial charge < -0.3 is 29.4 Å². The Morgan fingerprint density at radius 1 is 1.15 bits per heavy atom. The first-order valence-electron chi connectivity index (χ1n) is 11.0. The molecule has 3 rings (SSSR count). The number of benzene rings is 1. The number of halogens is 1. The van der Waals surface area contributed by atoms with E-state index in [1.54, 1.807) is 21.3 Å². The Morgan fingerprint density at radius 3 is 2.48 bits per heavy atom. The molecule has 0 aliphatic carbocycles. The van der Waals surface area contributed by atoms with Gasteiger partial charge >= 0.3 is 0 Å². The summed E-state index contributed by atoms with van der Waals surface area (Å²) in [6.45, 7) is 8.55. The summed E-state index contributed by atoms with van der Waals surface area (Å²) in [5.74, 6) is 3.08. The molecule has 1 aliphatic rings. The van der Waals surface area contributed by atoms with Gasteiger partial charge in [0.25, 0.3) is 0 Å². The zero-order valence-electron chi connectivity index (χ0n) is 20.1. The second kappa shape index (κ2) is 13.6. The zero-order chi connectivity index (χ0) is 22.9. The molecule has 0 bridgehead atoms. The predicted molar refractivity (Wildman–Crippen MR) is 139 cm³/mol. The topological polar surface area (TPSA) is 93.4 Å².